The van der Waals surface area contributed by atoms with Crippen LogP contribution in [0.4, 0.5) is 5.82 Å². The van der Waals surface area contributed by atoms with Gasteiger partial charge in [0.2, 0.25) is 0 Å². The van der Waals surface area contributed by atoms with Crippen LogP contribution in [-0.2, 0) is 0 Å². The Morgan fingerprint density at radius 3 is 2.59 bits per heavy atom. The van der Waals surface area contributed by atoms with Gasteiger partial charge in [0, 0.05) is 31.1 Å². The molecule has 0 amide bonds. The van der Waals surface area contributed by atoms with Gasteiger partial charge in [0.15, 0.2) is 0 Å². The lowest BCUT2D eigenvalue weighted by Gasteiger charge is -2.10. The van der Waals surface area contributed by atoms with Crippen LogP contribution in [0.3, 0.4) is 0 Å². The van der Waals surface area contributed by atoms with Gasteiger partial charge < -0.3 is 15.6 Å². The van der Waals surface area contributed by atoms with E-state index < -0.39 is 0 Å². The molecular weight excluding hydrogens is 216 g/mol. The van der Waals surface area contributed by atoms with E-state index in [1.54, 1.807) is 0 Å². The van der Waals surface area contributed by atoms with E-state index in [0.717, 1.165) is 18.9 Å². The first-order chi connectivity index (χ1) is 7.99. The smallest absolute Gasteiger partial charge is 0.252 e. The molecule has 0 atom stereocenters. The highest BCUT2D eigenvalue weighted by molar-refractivity contribution is 5.33. The molecule has 0 bridgehead atoms. The number of anilines is 1. The van der Waals surface area contributed by atoms with Gasteiger partial charge in [-0.1, -0.05) is 27.7 Å². The quantitative estimate of drug-likeness (QED) is 0.653. The van der Waals surface area contributed by atoms with Crippen molar-refractivity contribution in [2.45, 2.75) is 39.7 Å². The maximum atomic E-state index is 11.4. The minimum atomic E-state index is -0.108. The van der Waals surface area contributed by atoms with Gasteiger partial charge in [-0.05, 0) is 0 Å². The van der Waals surface area contributed by atoms with E-state index in [1.807, 2.05) is 13.8 Å². The second-order valence-electron chi connectivity index (χ2n) is 4.71. The molecule has 5 heteroatoms. The fraction of sp³-hybridized carbons (Fsp3) is 0.667. The van der Waals surface area contributed by atoms with Crippen molar-refractivity contribution in [3.63, 3.8) is 0 Å². The number of nitrogens with one attached hydrogen (secondary N) is 3. The van der Waals surface area contributed by atoms with E-state index in [9.17, 15) is 4.79 Å². The molecule has 0 aliphatic rings. The summed E-state index contributed by atoms with van der Waals surface area (Å²) in [5.41, 5.74) is -0.108. The molecule has 5 nitrogen and oxygen atoms in total. The minimum absolute atomic E-state index is 0.108. The number of hydrogen-bond donors (Lipinski definition) is 3. The van der Waals surface area contributed by atoms with Gasteiger partial charge in [-0.25, -0.2) is 4.98 Å². The van der Waals surface area contributed by atoms with E-state index in [4.69, 9.17) is 0 Å². The van der Waals surface area contributed by atoms with Crippen LogP contribution in [-0.4, -0.2) is 29.1 Å². The summed E-state index contributed by atoms with van der Waals surface area (Å²) in [5, 5.41) is 6.43. The first kappa shape index (κ1) is 13.7. The maximum Gasteiger partial charge on any atom is 0.252 e. The highest BCUT2D eigenvalue weighted by Gasteiger charge is 2.04. The normalized spacial score (nSPS) is 11.2. The van der Waals surface area contributed by atoms with Crippen LogP contribution in [0, 0.1) is 0 Å². The Morgan fingerprint density at radius 2 is 2.00 bits per heavy atom. The van der Waals surface area contributed by atoms with E-state index >= 15 is 0 Å². The van der Waals surface area contributed by atoms with Crippen LogP contribution in [0.25, 0.3) is 0 Å². The van der Waals surface area contributed by atoms with Crippen LogP contribution in [0.1, 0.15) is 39.4 Å². The van der Waals surface area contributed by atoms with Crippen molar-refractivity contribution < 1.29 is 0 Å². The maximum absolute atomic E-state index is 11.4. The molecule has 0 spiro atoms. The van der Waals surface area contributed by atoms with Gasteiger partial charge in [-0.15, -0.1) is 0 Å². The number of nitrogens with zero attached hydrogens (tertiary/aromatic N) is 1. The fourth-order valence-electron chi connectivity index (χ4n) is 1.39. The summed E-state index contributed by atoms with van der Waals surface area (Å²) in [6.07, 6.45) is 0. The first-order valence-electron chi connectivity index (χ1n) is 6.07. The fourth-order valence-corrected chi connectivity index (χ4v) is 1.39. The molecule has 1 aromatic heterocycles. The summed E-state index contributed by atoms with van der Waals surface area (Å²) in [4.78, 5) is 18.5. The monoisotopic (exact) mass is 238 g/mol. The first-order valence-corrected chi connectivity index (χ1v) is 6.07. The topological polar surface area (TPSA) is 69.8 Å². The van der Waals surface area contributed by atoms with Gasteiger partial charge in [0.25, 0.3) is 5.56 Å². The molecule has 17 heavy (non-hydrogen) atoms. The van der Waals surface area contributed by atoms with Crippen LogP contribution < -0.4 is 16.2 Å². The summed E-state index contributed by atoms with van der Waals surface area (Å²) in [6, 6.07) is 1.96. The number of aromatic amines is 1. The van der Waals surface area contributed by atoms with Gasteiger partial charge in [-0.2, -0.15) is 0 Å². The Bertz CT molecular complexity index is 398. The Labute approximate surface area is 102 Å². The standard InChI is InChI=1S/C12H22N4O/c1-8(2)12-15-10(7-11(17)16-12)14-6-5-13-9(3)4/h7-9,13H,5-6H2,1-4H3,(H2,14,15,16,17). The van der Waals surface area contributed by atoms with Crippen molar-refractivity contribution in [2.75, 3.05) is 18.4 Å². The van der Waals surface area contributed by atoms with Crippen molar-refractivity contribution in [1.82, 2.24) is 15.3 Å². The zero-order valence-corrected chi connectivity index (χ0v) is 11.0. The van der Waals surface area contributed by atoms with Crippen molar-refractivity contribution >= 4 is 5.82 Å². The molecule has 1 rings (SSSR count). The van der Waals surface area contributed by atoms with Crippen LogP contribution >= 0.6 is 0 Å². The second kappa shape index (κ2) is 6.39. The Balaban J connectivity index is 2.56. The highest BCUT2D eigenvalue weighted by Crippen LogP contribution is 2.08. The largest absolute Gasteiger partial charge is 0.369 e. The summed E-state index contributed by atoms with van der Waals surface area (Å²) < 4.78 is 0. The third kappa shape index (κ3) is 4.99. The summed E-state index contributed by atoms with van der Waals surface area (Å²) in [6.45, 7) is 9.81. The zero-order valence-electron chi connectivity index (χ0n) is 11.0. The summed E-state index contributed by atoms with van der Waals surface area (Å²) in [5.74, 6) is 1.58. The molecule has 96 valence electrons. The van der Waals surface area contributed by atoms with Crippen LogP contribution in [0.5, 0.6) is 0 Å². The minimum Gasteiger partial charge on any atom is -0.369 e. The van der Waals surface area contributed by atoms with Crippen molar-refractivity contribution in [1.29, 1.82) is 0 Å². The molecule has 1 heterocycles. The van der Waals surface area contributed by atoms with Gasteiger partial charge in [-0.3, -0.25) is 4.79 Å². The lowest BCUT2D eigenvalue weighted by atomic mass is 10.2. The molecule has 0 aliphatic carbocycles. The van der Waals surface area contributed by atoms with Gasteiger partial charge >= 0.3 is 0 Å². The molecule has 0 unspecified atom stereocenters. The molecule has 0 radical (unpaired) electrons. The average molecular weight is 238 g/mol. The lowest BCUT2D eigenvalue weighted by molar-refractivity contribution is 0.601. The molecule has 0 aliphatic heterocycles. The van der Waals surface area contributed by atoms with Gasteiger partial charge in [0.1, 0.15) is 11.6 Å². The van der Waals surface area contributed by atoms with Crippen LogP contribution in [0.15, 0.2) is 10.9 Å². The lowest BCUT2D eigenvalue weighted by Crippen LogP contribution is -2.28. The van der Waals surface area contributed by atoms with Crippen molar-refractivity contribution in [2.24, 2.45) is 0 Å². The average Bonchev–Trinajstić information content (AvgIpc) is 2.23. The summed E-state index contributed by atoms with van der Waals surface area (Å²) >= 11 is 0. The van der Waals surface area contributed by atoms with Gasteiger partial charge in [0.05, 0.1) is 0 Å². The van der Waals surface area contributed by atoms with E-state index in [2.05, 4.69) is 34.4 Å². The second-order valence-corrected chi connectivity index (χ2v) is 4.71. The molecule has 0 aromatic carbocycles. The molecule has 3 N–H and O–H groups in total. The Hall–Kier alpha value is -1.36. The third-order valence-corrected chi connectivity index (χ3v) is 2.29. The number of rotatable bonds is 6. The van der Waals surface area contributed by atoms with Crippen molar-refractivity contribution in [3.8, 4) is 0 Å². The highest BCUT2D eigenvalue weighted by atomic mass is 16.1. The Kier molecular flexibility index (Phi) is 5.15. The molecule has 0 saturated heterocycles. The molecule has 0 fully saturated rings. The van der Waals surface area contributed by atoms with E-state index in [1.165, 1.54) is 6.07 Å². The SMILES string of the molecule is CC(C)NCCNc1cc(=O)[nH]c(C(C)C)n1. The predicted molar refractivity (Wildman–Crippen MR) is 70.6 cm³/mol. The molecule has 0 saturated carbocycles. The number of aromatic nitrogens is 2. The number of H-pyrrole nitrogens is 1. The third-order valence-electron chi connectivity index (χ3n) is 2.29. The van der Waals surface area contributed by atoms with E-state index in [-0.39, 0.29) is 11.5 Å². The van der Waals surface area contributed by atoms with Crippen LogP contribution in [0.2, 0.25) is 0 Å². The summed E-state index contributed by atoms with van der Waals surface area (Å²) in [7, 11) is 0. The predicted octanol–water partition coefficient (Wildman–Crippen LogP) is 1.30. The molecule has 1 aromatic rings. The van der Waals surface area contributed by atoms with Crippen molar-refractivity contribution in [3.05, 3.63) is 22.2 Å². The molecular formula is C12H22N4O. The van der Waals surface area contributed by atoms with E-state index in [0.29, 0.717) is 11.9 Å². The Morgan fingerprint density at radius 1 is 1.29 bits per heavy atom. The zero-order chi connectivity index (χ0) is 12.8. The number of hydrogen-bond acceptors (Lipinski definition) is 4.